The SMILES string of the molecule is FC(F)(F)C1=C(N2CC3CNCC3C2)N=C2C=CC=CC2N1. The molecule has 3 aliphatic heterocycles. The second-order valence-electron chi connectivity index (χ2n) is 6.18. The van der Waals surface area contributed by atoms with Gasteiger partial charge in [0.2, 0.25) is 0 Å². The summed E-state index contributed by atoms with van der Waals surface area (Å²) in [5.41, 5.74) is -0.0742. The van der Waals surface area contributed by atoms with Crippen LogP contribution in [-0.4, -0.2) is 49.0 Å². The van der Waals surface area contributed by atoms with Gasteiger partial charge in [-0.3, -0.25) is 0 Å². The molecule has 7 heteroatoms. The monoisotopic (exact) mass is 310 g/mol. The van der Waals surface area contributed by atoms with Gasteiger partial charge in [-0.2, -0.15) is 13.2 Å². The Balaban J connectivity index is 1.70. The standard InChI is InChI=1S/C15H17F3N4/c16-15(17,18)13-14(21-12-4-2-1-3-11(12)20-13)22-7-9-5-19-6-10(9)8-22/h1-4,9-11,19-20H,5-8H2. The molecule has 4 aliphatic rings. The van der Waals surface area contributed by atoms with E-state index in [-0.39, 0.29) is 5.82 Å². The third-order valence-electron chi connectivity index (χ3n) is 4.73. The molecule has 0 radical (unpaired) electrons. The van der Waals surface area contributed by atoms with Crippen LogP contribution >= 0.6 is 0 Å². The van der Waals surface area contributed by atoms with E-state index in [0.717, 1.165) is 13.1 Å². The van der Waals surface area contributed by atoms with Crippen LogP contribution in [0.3, 0.4) is 0 Å². The van der Waals surface area contributed by atoms with Gasteiger partial charge in [-0.15, -0.1) is 0 Å². The number of nitrogens with zero attached hydrogens (tertiary/aromatic N) is 2. The summed E-state index contributed by atoms with van der Waals surface area (Å²) in [6.07, 6.45) is 2.58. The number of hydrogen-bond acceptors (Lipinski definition) is 4. The van der Waals surface area contributed by atoms with Crippen LogP contribution in [0.2, 0.25) is 0 Å². The van der Waals surface area contributed by atoms with E-state index < -0.39 is 17.9 Å². The number of allylic oxidation sites excluding steroid dienone is 3. The lowest BCUT2D eigenvalue weighted by atomic mass is 10.0. The Morgan fingerprint density at radius 2 is 1.86 bits per heavy atom. The molecule has 4 nitrogen and oxygen atoms in total. The van der Waals surface area contributed by atoms with Crippen molar-refractivity contribution >= 4 is 5.71 Å². The van der Waals surface area contributed by atoms with E-state index in [9.17, 15) is 13.2 Å². The zero-order valence-electron chi connectivity index (χ0n) is 11.9. The molecule has 118 valence electrons. The van der Waals surface area contributed by atoms with Crippen LogP contribution < -0.4 is 10.6 Å². The van der Waals surface area contributed by atoms with Gasteiger partial charge in [0.05, 0.1) is 11.8 Å². The van der Waals surface area contributed by atoms with Crippen molar-refractivity contribution in [1.82, 2.24) is 15.5 Å². The summed E-state index contributed by atoms with van der Waals surface area (Å²) in [6.45, 7) is 3.03. The smallest absolute Gasteiger partial charge is 0.366 e. The number of aliphatic imine (C=N–C) groups is 1. The maximum Gasteiger partial charge on any atom is 0.434 e. The Morgan fingerprint density at radius 1 is 1.14 bits per heavy atom. The summed E-state index contributed by atoms with van der Waals surface area (Å²) < 4.78 is 40.3. The fourth-order valence-electron chi connectivity index (χ4n) is 3.62. The van der Waals surface area contributed by atoms with E-state index >= 15 is 0 Å². The highest BCUT2D eigenvalue weighted by atomic mass is 19.4. The average Bonchev–Trinajstić information content (AvgIpc) is 3.06. The van der Waals surface area contributed by atoms with Crippen molar-refractivity contribution in [2.45, 2.75) is 12.2 Å². The minimum Gasteiger partial charge on any atom is -0.366 e. The number of rotatable bonds is 1. The van der Waals surface area contributed by atoms with Gasteiger partial charge in [-0.1, -0.05) is 18.2 Å². The topological polar surface area (TPSA) is 39.7 Å². The first kappa shape index (κ1) is 13.9. The largest absolute Gasteiger partial charge is 0.434 e. The minimum atomic E-state index is -4.42. The third-order valence-corrected chi connectivity index (χ3v) is 4.73. The number of likely N-dealkylation sites (tertiary alicyclic amines) is 1. The van der Waals surface area contributed by atoms with Crippen LogP contribution in [0.25, 0.3) is 0 Å². The molecule has 0 aromatic rings. The van der Waals surface area contributed by atoms with Crippen molar-refractivity contribution in [3.05, 3.63) is 35.8 Å². The molecule has 3 atom stereocenters. The predicted molar refractivity (Wildman–Crippen MR) is 77.1 cm³/mol. The normalized spacial score (nSPS) is 33.7. The van der Waals surface area contributed by atoms with Gasteiger partial charge in [0, 0.05) is 26.2 Å². The highest BCUT2D eigenvalue weighted by molar-refractivity contribution is 6.03. The first-order valence-corrected chi connectivity index (χ1v) is 7.49. The molecule has 3 heterocycles. The lowest BCUT2D eigenvalue weighted by molar-refractivity contribution is -0.0995. The molecule has 1 aliphatic carbocycles. The quantitative estimate of drug-likeness (QED) is 0.769. The van der Waals surface area contributed by atoms with Gasteiger partial charge in [-0.25, -0.2) is 4.99 Å². The lowest BCUT2D eigenvalue weighted by Crippen LogP contribution is -2.45. The highest BCUT2D eigenvalue weighted by Crippen LogP contribution is 2.36. The fourth-order valence-corrected chi connectivity index (χ4v) is 3.62. The summed E-state index contributed by atoms with van der Waals surface area (Å²) >= 11 is 0. The molecule has 0 aromatic heterocycles. The molecule has 22 heavy (non-hydrogen) atoms. The molecular weight excluding hydrogens is 293 g/mol. The van der Waals surface area contributed by atoms with Crippen LogP contribution in [0.4, 0.5) is 13.2 Å². The molecule has 0 bridgehead atoms. The van der Waals surface area contributed by atoms with Crippen molar-refractivity contribution in [2.24, 2.45) is 16.8 Å². The molecular formula is C15H17F3N4. The zero-order valence-corrected chi connectivity index (χ0v) is 11.9. The van der Waals surface area contributed by atoms with Gasteiger partial charge in [0.1, 0.15) is 0 Å². The second-order valence-corrected chi connectivity index (χ2v) is 6.18. The van der Waals surface area contributed by atoms with Crippen molar-refractivity contribution < 1.29 is 13.2 Å². The molecule has 0 aromatic carbocycles. The van der Waals surface area contributed by atoms with Gasteiger partial charge in [0.15, 0.2) is 11.5 Å². The summed E-state index contributed by atoms with van der Waals surface area (Å²) in [7, 11) is 0. The number of hydrogen-bond donors (Lipinski definition) is 2. The van der Waals surface area contributed by atoms with Gasteiger partial charge < -0.3 is 15.5 Å². The minimum absolute atomic E-state index is 0.0492. The Morgan fingerprint density at radius 3 is 2.55 bits per heavy atom. The van der Waals surface area contributed by atoms with Crippen LogP contribution in [0.1, 0.15) is 0 Å². The van der Waals surface area contributed by atoms with Crippen LogP contribution in [0, 0.1) is 11.8 Å². The summed E-state index contributed by atoms with van der Waals surface area (Å²) in [6, 6.07) is -0.492. The molecule has 2 saturated heterocycles. The maximum atomic E-state index is 13.4. The Bertz CT molecular complexity index is 590. The van der Waals surface area contributed by atoms with Crippen molar-refractivity contribution in [3.8, 4) is 0 Å². The highest BCUT2D eigenvalue weighted by Gasteiger charge is 2.45. The van der Waals surface area contributed by atoms with Crippen LogP contribution in [0.5, 0.6) is 0 Å². The van der Waals surface area contributed by atoms with Crippen LogP contribution in [0.15, 0.2) is 40.8 Å². The molecule has 0 saturated carbocycles. The van der Waals surface area contributed by atoms with E-state index in [2.05, 4.69) is 15.6 Å². The van der Waals surface area contributed by atoms with Gasteiger partial charge >= 0.3 is 6.18 Å². The van der Waals surface area contributed by atoms with E-state index in [1.807, 2.05) is 0 Å². The van der Waals surface area contributed by atoms with E-state index in [1.165, 1.54) is 0 Å². The number of fused-ring (bicyclic) bond motifs is 2. The zero-order chi connectivity index (χ0) is 15.3. The van der Waals surface area contributed by atoms with Crippen LogP contribution in [-0.2, 0) is 0 Å². The molecule has 0 amide bonds. The lowest BCUT2D eigenvalue weighted by Gasteiger charge is -2.32. The van der Waals surface area contributed by atoms with Gasteiger partial charge in [0.25, 0.3) is 0 Å². The number of nitrogens with one attached hydrogen (secondary N) is 2. The summed E-state index contributed by atoms with van der Waals surface area (Å²) in [5, 5.41) is 5.91. The summed E-state index contributed by atoms with van der Waals surface area (Å²) in [4.78, 5) is 6.14. The Labute approximate surface area is 126 Å². The van der Waals surface area contributed by atoms with Crippen molar-refractivity contribution in [2.75, 3.05) is 26.2 Å². The third kappa shape index (κ3) is 2.24. The van der Waals surface area contributed by atoms with E-state index in [1.54, 1.807) is 29.2 Å². The number of alkyl halides is 3. The second kappa shape index (κ2) is 4.87. The Hall–Kier alpha value is -1.76. The Kier molecular flexibility index (Phi) is 3.07. The molecule has 2 fully saturated rings. The van der Waals surface area contributed by atoms with Crippen molar-refractivity contribution in [3.63, 3.8) is 0 Å². The first-order valence-electron chi connectivity index (χ1n) is 7.49. The van der Waals surface area contributed by atoms with E-state index in [4.69, 9.17) is 0 Å². The van der Waals surface area contributed by atoms with Gasteiger partial charge in [-0.05, 0) is 17.9 Å². The molecule has 3 unspecified atom stereocenters. The first-order chi connectivity index (χ1) is 10.5. The van der Waals surface area contributed by atoms with E-state index in [0.29, 0.717) is 30.6 Å². The molecule has 0 spiro atoms. The predicted octanol–water partition coefficient (Wildman–Crippen LogP) is 1.41. The number of halogens is 3. The summed E-state index contributed by atoms with van der Waals surface area (Å²) in [5.74, 6) is 0.886. The fraction of sp³-hybridized carbons (Fsp3) is 0.533. The van der Waals surface area contributed by atoms with Crippen molar-refractivity contribution in [1.29, 1.82) is 0 Å². The molecule has 2 N–H and O–H groups in total. The maximum absolute atomic E-state index is 13.4. The average molecular weight is 310 g/mol. The molecule has 4 rings (SSSR count).